The predicted octanol–water partition coefficient (Wildman–Crippen LogP) is 1.02. The van der Waals surface area contributed by atoms with Crippen molar-refractivity contribution in [2.45, 2.75) is 10.1 Å². The third-order valence-electron chi connectivity index (χ3n) is 2.01. The molecule has 0 radical (unpaired) electrons. The van der Waals surface area contributed by atoms with Gasteiger partial charge >= 0.3 is 0 Å². The van der Waals surface area contributed by atoms with Crippen molar-refractivity contribution >= 4 is 35.0 Å². The van der Waals surface area contributed by atoms with Crippen LogP contribution < -0.4 is 17.0 Å². The molecule has 0 heterocycles. The van der Waals surface area contributed by atoms with Crippen LogP contribution in [0.1, 0.15) is 0 Å². The highest BCUT2D eigenvalue weighted by atomic mass is 35.5. The molecule has 1 atom stereocenters. The summed E-state index contributed by atoms with van der Waals surface area (Å²) in [6.07, 6.45) is 0. The van der Waals surface area contributed by atoms with Crippen LogP contribution in [0.25, 0.3) is 0 Å². The summed E-state index contributed by atoms with van der Waals surface area (Å²) in [6, 6.07) is 5.18. The summed E-state index contributed by atoms with van der Waals surface area (Å²) in [6.45, 7) is 0.221. The first kappa shape index (κ1) is 14.1. The number of hydrazine groups is 1. The molecule has 0 saturated carbocycles. The molecule has 0 saturated heterocycles. The van der Waals surface area contributed by atoms with Gasteiger partial charge in [0.1, 0.15) is 5.25 Å². The van der Waals surface area contributed by atoms with Gasteiger partial charge in [0.2, 0.25) is 5.91 Å². The van der Waals surface area contributed by atoms with Crippen molar-refractivity contribution in [3.05, 3.63) is 23.2 Å². The van der Waals surface area contributed by atoms with Crippen LogP contribution in [0.3, 0.4) is 0 Å². The molecule has 1 aromatic rings. The molecule has 0 fully saturated rings. The standard InChI is InChI=1S/C10H14ClN3O2S/c1-16-5-8(10(15)14-13)17-9-6(11)3-2-4-7(9)12/h2-4,8H,5,12-13H2,1H3,(H,14,15). The summed E-state index contributed by atoms with van der Waals surface area (Å²) < 4.78 is 4.96. The first-order valence-corrected chi connectivity index (χ1v) is 6.06. The molecule has 94 valence electrons. The van der Waals surface area contributed by atoms with Crippen LogP contribution in [0.2, 0.25) is 5.02 Å². The van der Waals surface area contributed by atoms with Crippen molar-refractivity contribution in [2.24, 2.45) is 5.84 Å². The van der Waals surface area contributed by atoms with Gasteiger partial charge in [-0.2, -0.15) is 0 Å². The molecule has 0 aliphatic carbocycles. The second-order valence-electron chi connectivity index (χ2n) is 3.23. The van der Waals surface area contributed by atoms with Gasteiger partial charge < -0.3 is 10.5 Å². The monoisotopic (exact) mass is 275 g/mol. The first-order valence-electron chi connectivity index (χ1n) is 4.80. The minimum Gasteiger partial charge on any atom is -0.398 e. The molecule has 0 aromatic heterocycles. The summed E-state index contributed by atoms with van der Waals surface area (Å²) in [5.41, 5.74) is 8.41. The van der Waals surface area contributed by atoms with Crippen LogP contribution in [0.5, 0.6) is 0 Å². The molecule has 0 spiro atoms. The Morgan fingerprint density at radius 1 is 1.65 bits per heavy atom. The van der Waals surface area contributed by atoms with Gasteiger partial charge in [0.25, 0.3) is 0 Å². The maximum absolute atomic E-state index is 11.5. The van der Waals surface area contributed by atoms with Gasteiger partial charge in [0, 0.05) is 17.7 Å². The Hall–Kier alpha value is -0.950. The van der Waals surface area contributed by atoms with Crippen LogP contribution in [-0.4, -0.2) is 24.9 Å². The zero-order valence-electron chi connectivity index (χ0n) is 9.27. The number of anilines is 1. The molecule has 1 amide bonds. The van der Waals surface area contributed by atoms with E-state index in [2.05, 4.69) is 5.43 Å². The highest BCUT2D eigenvalue weighted by Gasteiger charge is 2.21. The van der Waals surface area contributed by atoms with E-state index in [1.54, 1.807) is 18.2 Å². The topological polar surface area (TPSA) is 90.4 Å². The Kier molecular flexibility index (Phi) is 5.57. The summed E-state index contributed by atoms with van der Waals surface area (Å²) in [4.78, 5) is 12.2. The van der Waals surface area contributed by atoms with E-state index in [-0.39, 0.29) is 12.5 Å². The summed E-state index contributed by atoms with van der Waals surface area (Å²) >= 11 is 7.24. The van der Waals surface area contributed by atoms with Gasteiger partial charge in [0.05, 0.1) is 11.6 Å². The minimum absolute atomic E-state index is 0.221. The third kappa shape index (κ3) is 3.78. The fourth-order valence-electron chi connectivity index (χ4n) is 1.20. The van der Waals surface area contributed by atoms with Crippen LogP contribution in [-0.2, 0) is 9.53 Å². The zero-order valence-corrected chi connectivity index (χ0v) is 10.8. The van der Waals surface area contributed by atoms with E-state index < -0.39 is 5.25 Å². The number of benzene rings is 1. The molecule has 5 N–H and O–H groups in total. The molecule has 17 heavy (non-hydrogen) atoms. The summed E-state index contributed by atoms with van der Waals surface area (Å²) in [7, 11) is 1.51. The predicted molar refractivity (Wildman–Crippen MR) is 69.7 cm³/mol. The number of hydrogen-bond donors (Lipinski definition) is 3. The highest BCUT2D eigenvalue weighted by molar-refractivity contribution is 8.01. The number of carbonyl (C=O) groups is 1. The fourth-order valence-corrected chi connectivity index (χ4v) is 2.56. The lowest BCUT2D eigenvalue weighted by Gasteiger charge is -2.15. The van der Waals surface area contributed by atoms with Crippen molar-refractivity contribution in [1.82, 2.24) is 5.43 Å². The van der Waals surface area contributed by atoms with E-state index >= 15 is 0 Å². The second kappa shape index (κ2) is 6.70. The molecular formula is C10H14ClN3O2S. The minimum atomic E-state index is -0.493. The van der Waals surface area contributed by atoms with Crippen LogP contribution in [0.15, 0.2) is 23.1 Å². The molecule has 0 aliphatic rings. The number of methoxy groups -OCH3 is 1. The second-order valence-corrected chi connectivity index (χ2v) is 4.85. The summed E-state index contributed by atoms with van der Waals surface area (Å²) in [5.74, 6) is 4.76. The van der Waals surface area contributed by atoms with E-state index in [1.807, 2.05) is 0 Å². The van der Waals surface area contributed by atoms with Crippen molar-refractivity contribution in [3.8, 4) is 0 Å². The van der Waals surface area contributed by atoms with E-state index in [4.69, 9.17) is 27.9 Å². The number of halogens is 1. The Morgan fingerprint density at radius 2 is 2.35 bits per heavy atom. The number of nitrogen functional groups attached to an aromatic ring is 1. The largest absolute Gasteiger partial charge is 0.398 e. The van der Waals surface area contributed by atoms with Gasteiger partial charge in [0.15, 0.2) is 0 Å². The van der Waals surface area contributed by atoms with Crippen molar-refractivity contribution < 1.29 is 9.53 Å². The molecule has 7 heteroatoms. The Balaban J connectivity index is 2.89. The molecule has 1 unspecified atom stereocenters. The van der Waals surface area contributed by atoms with Crippen molar-refractivity contribution in [2.75, 3.05) is 19.5 Å². The highest BCUT2D eigenvalue weighted by Crippen LogP contribution is 2.35. The van der Waals surface area contributed by atoms with Gasteiger partial charge in [-0.25, -0.2) is 5.84 Å². The lowest BCUT2D eigenvalue weighted by atomic mass is 10.3. The first-order chi connectivity index (χ1) is 8.10. The number of amides is 1. The zero-order chi connectivity index (χ0) is 12.8. The van der Waals surface area contributed by atoms with Gasteiger partial charge in [-0.1, -0.05) is 17.7 Å². The number of hydrogen-bond acceptors (Lipinski definition) is 5. The average molecular weight is 276 g/mol. The van der Waals surface area contributed by atoms with Gasteiger partial charge in [-0.3, -0.25) is 10.2 Å². The SMILES string of the molecule is COCC(Sc1c(N)cccc1Cl)C(=O)NN. The fraction of sp³-hybridized carbons (Fsp3) is 0.300. The van der Waals surface area contributed by atoms with Crippen molar-refractivity contribution in [3.63, 3.8) is 0 Å². The number of ether oxygens (including phenoxy) is 1. The molecule has 0 bridgehead atoms. The van der Waals surface area contributed by atoms with E-state index in [9.17, 15) is 4.79 Å². The van der Waals surface area contributed by atoms with E-state index in [0.717, 1.165) is 0 Å². The number of rotatable bonds is 5. The lowest BCUT2D eigenvalue weighted by Crippen LogP contribution is -2.39. The summed E-state index contributed by atoms with van der Waals surface area (Å²) in [5, 5.41) is 0.00752. The van der Waals surface area contributed by atoms with Crippen LogP contribution in [0.4, 0.5) is 5.69 Å². The number of thioether (sulfide) groups is 1. The Labute approximate surface area is 109 Å². The van der Waals surface area contributed by atoms with Crippen LogP contribution in [0, 0.1) is 0 Å². The number of carbonyl (C=O) groups excluding carboxylic acids is 1. The Morgan fingerprint density at radius 3 is 2.88 bits per heavy atom. The molecular weight excluding hydrogens is 262 g/mol. The molecule has 1 aromatic carbocycles. The number of nitrogens with two attached hydrogens (primary N) is 2. The lowest BCUT2D eigenvalue weighted by molar-refractivity contribution is -0.121. The smallest absolute Gasteiger partial charge is 0.249 e. The van der Waals surface area contributed by atoms with E-state index in [0.29, 0.717) is 15.6 Å². The molecule has 5 nitrogen and oxygen atoms in total. The van der Waals surface area contributed by atoms with Gasteiger partial charge in [-0.15, -0.1) is 11.8 Å². The van der Waals surface area contributed by atoms with E-state index in [1.165, 1.54) is 18.9 Å². The number of nitrogens with one attached hydrogen (secondary N) is 1. The van der Waals surface area contributed by atoms with Crippen LogP contribution >= 0.6 is 23.4 Å². The maximum Gasteiger partial charge on any atom is 0.249 e. The van der Waals surface area contributed by atoms with Gasteiger partial charge in [-0.05, 0) is 12.1 Å². The molecule has 0 aliphatic heterocycles. The molecule has 1 rings (SSSR count). The Bertz CT molecular complexity index is 383. The maximum atomic E-state index is 11.5. The van der Waals surface area contributed by atoms with Crippen molar-refractivity contribution in [1.29, 1.82) is 0 Å². The third-order valence-corrected chi connectivity index (χ3v) is 3.76. The normalized spacial score (nSPS) is 12.2. The average Bonchev–Trinajstić information content (AvgIpc) is 2.31. The quantitative estimate of drug-likeness (QED) is 0.245.